The van der Waals surface area contributed by atoms with E-state index in [9.17, 15) is 9.59 Å². The number of nitrogens with one attached hydrogen (secondary N) is 1. The molecule has 3 N–H and O–H groups in total. The van der Waals surface area contributed by atoms with Gasteiger partial charge in [-0.05, 0) is 24.6 Å². The minimum absolute atomic E-state index is 0. The maximum atomic E-state index is 9.55. The van der Waals surface area contributed by atoms with Crippen molar-refractivity contribution in [2.75, 3.05) is 19.7 Å². The first kappa shape index (κ1) is 20.8. The first-order valence-electron chi connectivity index (χ1n) is 8.29. The van der Waals surface area contributed by atoms with Gasteiger partial charge >= 0.3 is 11.9 Å². The van der Waals surface area contributed by atoms with Gasteiger partial charge in [-0.15, -0.1) is 0 Å². The van der Waals surface area contributed by atoms with Crippen molar-refractivity contribution in [1.29, 1.82) is 0 Å². The van der Waals surface area contributed by atoms with Crippen molar-refractivity contribution in [2.24, 2.45) is 0 Å². The molecule has 0 bridgehead atoms. The Hall–Kier alpha value is -2.51. The summed E-state index contributed by atoms with van der Waals surface area (Å²) >= 11 is 6.25. The third-order valence-corrected chi connectivity index (χ3v) is 4.67. The van der Waals surface area contributed by atoms with Gasteiger partial charge in [0.05, 0.1) is 17.1 Å². The van der Waals surface area contributed by atoms with Gasteiger partial charge in [0, 0.05) is 36.2 Å². The smallest absolute Gasteiger partial charge is 0.328 e. The van der Waals surface area contributed by atoms with Crippen molar-refractivity contribution in [3.63, 3.8) is 0 Å². The minimum Gasteiger partial charge on any atom is -0.488 e. The van der Waals surface area contributed by atoms with E-state index in [0.717, 1.165) is 49.9 Å². The molecule has 1 aromatic carbocycles. The number of hydrogen-bond donors (Lipinski definition) is 3. The lowest BCUT2D eigenvalue weighted by Gasteiger charge is -2.20. The van der Waals surface area contributed by atoms with Crippen LogP contribution in [-0.2, 0) is 29.0 Å². The predicted octanol–water partition coefficient (Wildman–Crippen LogP) is 2.72. The summed E-state index contributed by atoms with van der Waals surface area (Å²) in [4.78, 5) is 19.1. The molecule has 8 heteroatoms. The molecule has 0 atom stereocenters. The average molecular weight is 395 g/mol. The molecule has 27 heavy (non-hydrogen) atoms. The monoisotopic (exact) mass is 394 g/mol. The molecular weight excluding hydrogens is 372 g/mol. The van der Waals surface area contributed by atoms with Gasteiger partial charge in [0.1, 0.15) is 6.61 Å². The molecule has 7 nitrogen and oxygen atoms in total. The Morgan fingerprint density at radius 3 is 2.48 bits per heavy atom. The van der Waals surface area contributed by atoms with Crippen molar-refractivity contribution in [2.45, 2.75) is 26.8 Å². The van der Waals surface area contributed by atoms with E-state index in [0.29, 0.717) is 12.2 Å². The molecule has 0 amide bonds. The number of nitrogens with zero attached hydrogens (tertiary/aromatic N) is 1. The van der Waals surface area contributed by atoms with Crippen LogP contribution in [0.3, 0.4) is 0 Å². The molecule has 2 aromatic rings. The topological polar surface area (TPSA) is 101 Å². The molecule has 3 heterocycles. The molecule has 0 spiro atoms. The number of carbonyl (C=O) groups is 2. The maximum Gasteiger partial charge on any atom is 0.328 e. The van der Waals surface area contributed by atoms with E-state index >= 15 is 0 Å². The number of carboxylic acid groups (broad SMARTS) is 2. The van der Waals surface area contributed by atoms with Crippen molar-refractivity contribution < 1.29 is 24.5 Å². The molecule has 146 valence electrons. The highest BCUT2D eigenvalue weighted by Gasteiger charge is 2.25. The van der Waals surface area contributed by atoms with Gasteiger partial charge in [0.15, 0.2) is 5.75 Å². The number of hydrogen-bond acceptors (Lipinski definition) is 4. The van der Waals surface area contributed by atoms with E-state index in [1.807, 2.05) is 6.07 Å². The van der Waals surface area contributed by atoms with E-state index in [4.69, 9.17) is 26.6 Å². The maximum absolute atomic E-state index is 9.55. The molecular formula is C19H23ClN2O5. The first-order chi connectivity index (χ1) is 12.5. The minimum atomic E-state index is -1.26. The van der Waals surface area contributed by atoms with Crippen LogP contribution in [0, 0.1) is 0 Å². The second-order valence-electron chi connectivity index (χ2n) is 5.96. The van der Waals surface area contributed by atoms with Crippen LogP contribution in [0.4, 0.5) is 0 Å². The number of rotatable bonds is 2. The van der Waals surface area contributed by atoms with E-state index in [1.165, 1.54) is 22.2 Å². The summed E-state index contributed by atoms with van der Waals surface area (Å²) in [7, 11) is 0. The highest BCUT2D eigenvalue weighted by atomic mass is 35.5. The number of aromatic nitrogens is 1. The summed E-state index contributed by atoms with van der Waals surface area (Å²) in [5, 5.41) is 21.2. The summed E-state index contributed by atoms with van der Waals surface area (Å²) in [5.74, 6) is -1.64. The van der Waals surface area contributed by atoms with Crippen LogP contribution in [0.15, 0.2) is 24.3 Å². The quantitative estimate of drug-likeness (QED) is 0.677. The molecule has 4 rings (SSSR count). The summed E-state index contributed by atoms with van der Waals surface area (Å²) in [6, 6.07) is 4.12. The summed E-state index contributed by atoms with van der Waals surface area (Å²) in [5.41, 5.74) is 4.17. The van der Waals surface area contributed by atoms with Crippen LogP contribution in [0.5, 0.6) is 5.75 Å². The Kier molecular flexibility index (Phi) is 6.87. The molecule has 0 saturated carbocycles. The number of carboxylic acids is 2. The van der Waals surface area contributed by atoms with Crippen LogP contribution >= 0.6 is 11.6 Å². The Balaban J connectivity index is 0.000000252. The molecule has 0 unspecified atom stereocenters. The standard InChI is InChI=1S/C14H15ClN2O.C4H4O4.CH4/c15-11-2-1-10-9-3-5-16-6-4-12(9)17-7-8-18-14(11)13(10)17;5-3(6)1-2-4(7)8;/h1-2,16H,3-8H2;1-2H,(H,5,6)(H,7,8);1H4/b;2-1-;. The molecule has 0 fully saturated rings. The normalized spacial score (nSPS) is 15.0. The number of benzene rings is 1. The number of halogens is 1. The fourth-order valence-corrected chi connectivity index (χ4v) is 3.59. The Labute approximate surface area is 162 Å². The van der Waals surface area contributed by atoms with Gasteiger partial charge < -0.3 is 24.8 Å². The molecule has 2 aliphatic heterocycles. The summed E-state index contributed by atoms with van der Waals surface area (Å²) < 4.78 is 8.19. The van der Waals surface area contributed by atoms with Gasteiger partial charge in [-0.2, -0.15) is 0 Å². The molecule has 0 saturated heterocycles. The zero-order chi connectivity index (χ0) is 18.7. The van der Waals surface area contributed by atoms with Crippen molar-refractivity contribution in [1.82, 2.24) is 9.88 Å². The lowest BCUT2D eigenvalue weighted by atomic mass is 10.1. The van der Waals surface area contributed by atoms with Crippen LogP contribution in [0.1, 0.15) is 18.7 Å². The lowest BCUT2D eigenvalue weighted by Crippen LogP contribution is -2.19. The summed E-state index contributed by atoms with van der Waals surface area (Å²) in [6.45, 7) is 3.79. The van der Waals surface area contributed by atoms with E-state index in [-0.39, 0.29) is 7.43 Å². The molecule has 0 radical (unpaired) electrons. The average Bonchev–Trinajstić information content (AvgIpc) is 2.77. The summed E-state index contributed by atoms with van der Waals surface area (Å²) in [6.07, 6.45) is 3.31. The van der Waals surface area contributed by atoms with Crippen molar-refractivity contribution >= 4 is 34.4 Å². The number of ether oxygens (including phenoxy) is 1. The largest absolute Gasteiger partial charge is 0.488 e. The second-order valence-corrected chi connectivity index (χ2v) is 6.37. The van der Waals surface area contributed by atoms with Crippen LogP contribution < -0.4 is 10.1 Å². The Morgan fingerprint density at radius 1 is 1.15 bits per heavy atom. The van der Waals surface area contributed by atoms with Gasteiger partial charge in [0.25, 0.3) is 0 Å². The Morgan fingerprint density at radius 2 is 1.81 bits per heavy atom. The van der Waals surface area contributed by atoms with Crippen LogP contribution in [0.2, 0.25) is 5.02 Å². The molecule has 1 aromatic heterocycles. The third kappa shape index (κ3) is 4.43. The van der Waals surface area contributed by atoms with E-state index in [2.05, 4.69) is 16.0 Å². The van der Waals surface area contributed by atoms with Gasteiger partial charge in [0.2, 0.25) is 0 Å². The van der Waals surface area contributed by atoms with Crippen molar-refractivity contribution in [3.05, 3.63) is 40.6 Å². The van der Waals surface area contributed by atoms with E-state index in [1.54, 1.807) is 0 Å². The van der Waals surface area contributed by atoms with Gasteiger partial charge in [-0.25, -0.2) is 9.59 Å². The van der Waals surface area contributed by atoms with Crippen LogP contribution in [-0.4, -0.2) is 46.4 Å². The molecule has 0 aliphatic carbocycles. The van der Waals surface area contributed by atoms with Gasteiger partial charge in [-0.3, -0.25) is 0 Å². The fourth-order valence-electron chi connectivity index (χ4n) is 3.39. The number of aliphatic carboxylic acids is 2. The fraction of sp³-hybridized carbons (Fsp3) is 0.368. The lowest BCUT2D eigenvalue weighted by molar-refractivity contribution is -0.134. The highest BCUT2D eigenvalue weighted by molar-refractivity contribution is 6.33. The Bertz CT molecular complexity index is 872. The number of fused-ring (bicyclic) bond motifs is 3. The highest BCUT2D eigenvalue weighted by Crippen LogP contribution is 2.40. The SMILES string of the molecule is C.Clc1ccc2c3c(n4c2c1OCC4)CCNCC3.O=C(O)/C=C\C(=O)O. The van der Waals surface area contributed by atoms with Gasteiger partial charge in [-0.1, -0.05) is 25.1 Å². The zero-order valence-electron chi connectivity index (χ0n) is 14.0. The molecule has 2 aliphatic rings. The third-order valence-electron chi connectivity index (χ3n) is 4.37. The predicted molar refractivity (Wildman–Crippen MR) is 104 cm³/mol. The first-order valence-corrected chi connectivity index (χ1v) is 8.66. The van der Waals surface area contributed by atoms with Crippen LogP contribution in [0.25, 0.3) is 10.9 Å². The zero-order valence-corrected chi connectivity index (χ0v) is 14.8. The van der Waals surface area contributed by atoms with Crippen molar-refractivity contribution in [3.8, 4) is 5.75 Å². The second kappa shape index (κ2) is 8.92. The van der Waals surface area contributed by atoms with E-state index < -0.39 is 11.9 Å².